The Bertz CT molecular complexity index is 709. The van der Waals surface area contributed by atoms with Gasteiger partial charge in [0, 0.05) is 18.8 Å². The zero-order valence-electron chi connectivity index (χ0n) is 17.6. The van der Waals surface area contributed by atoms with Gasteiger partial charge in [-0.05, 0) is 55.2 Å². The van der Waals surface area contributed by atoms with Gasteiger partial charge in [0.15, 0.2) is 5.78 Å². The number of rotatable bonds is 11. The number of phenolic OH excluding ortho intramolecular Hbond substituents is 1. The van der Waals surface area contributed by atoms with Crippen molar-refractivity contribution >= 4 is 11.8 Å². The molecule has 0 spiro atoms. The lowest BCUT2D eigenvalue weighted by Crippen LogP contribution is -2.16. The fourth-order valence-corrected chi connectivity index (χ4v) is 4.12. The Morgan fingerprint density at radius 2 is 1.97 bits per heavy atom. The molecular formula is C24H34O5. The van der Waals surface area contributed by atoms with E-state index in [1.54, 1.807) is 6.08 Å². The van der Waals surface area contributed by atoms with Crippen molar-refractivity contribution in [2.45, 2.75) is 76.7 Å². The summed E-state index contributed by atoms with van der Waals surface area (Å²) in [5.41, 5.74) is 1.61. The molecule has 0 bridgehead atoms. The van der Waals surface area contributed by atoms with E-state index in [0.717, 1.165) is 36.8 Å². The van der Waals surface area contributed by atoms with Crippen LogP contribution in [0.25, 0.3) is 0 Å². The Labute approximate surface area is 173 Å². The van der Waals surface area contributed by atoms with Crippen LogP contribution < -0.4 is 0 Å². The number of methoxy groups -OCH3 is 1. The highest BCUT2D eigenvalue weighted by atomic mass is 16.5. The van der Waals surface area contributed by atoms with Crippen LogP contribution in [0.4, 0.5) is 0 Å². The molecule has 1 aliphatic carbocycles. The number of aryl methyl sites for hydroxylation is 1. The first-order valence-corrected chi connectivity index (χ1v) is 10.7. The second-order valence-corrected chi connectivity index (χ2v) is 7.90. The number of phenols is 1. The lowest BCUT2D eigenvalue weighted by Gasteiger charge is -2.21. The van der Waals surface area contributed by atoms with Crippen LogP contribution in [0, 0.1) is 5.92 Å². The maximum atomic E-state index is 12.1. The summed E-state index contributed by atoms with van der Waals surface area (Å²) in [5.74, 6) is -0.124. The number of carbonyl (C=O) groups is 2. The molecule has 5 heteroatoms. The van der Waals surface area contributed by atoms with E-state index in [0.29, 0.717) is 32.1 Å². The highest BCUT2D eigenvalue weighted by Crippen LogP contribution is 2.44. The van der Waals surface area contributed by atoms with E-state index < -0.39 is 6.10 Å². The van der Waals surface area contributed by atoms with Gasteiger partial charge >= 0.3 is 5.97 Å². The quantitative estimate of drug-likeness (QED) is 0.325. The third-order valence-electron chi connectivity index (χ3n) is 5.82. The first-order valence-electron chi connectivity index (χ1n) is 10.7. The van der Waals surface area contributed by atoms with Gasteiger partial charge < -0.3 is 14.9 Å². The fourth-order valence-electron chi connectivity index (χ4n) is 4.12. The highest BCUT2D eigenvalue weighted by Gasteiger charge is 2.35. The minimum atomic E-state index is -0.512. The number of aromatic hydroxyl groups is 1. The third-order valence-corrected chi connectivity index (χ3v) is 5.82. The molecule has 0 aliphatic heterocycles. The molecule has 0 aromatic heterocycles. The molecule has 29 heavy (non-hydrogen) atoms. The van der Waals surface area contributed by atoms with Gasteiger partial charge in [0.2, 0.25) is 0 Å². The molecule has 2 rings (SSSR count). The molecule has 1 fully saturated rings. The van der Waals surface area contributed by atoms with Crippen molar-refractivity contribution in [1.82, 2.24) is 0 Å². The SMILES string of the molecule is CCCCCC(=O)/C=C/[C@@H]1[C@H](O)CC[C@@H]1c1cccc(CCCC(=O)OC)c1O. The summed E-state index contributed by atoms with van der Waals surface area (Å²) in [6.45, 7) is 2.11. The number of carbonyl (C=O) groups excluding carboxylic acids is 2. The number of aliphatic hydroxyl groups is 1. The van der Waals surface area contributed by atoms with Gasteiger partial charge in [-0.2, -0.15) is 0 Å². The van der Waals surface area contributed by atoms with Gasteiger partial charge in [-0.3, -0.25) is 9.59 Å². The number of hydrogen-bond donors (Lipinski definition) is 2. The van der Waals surface area contributed by atoms with Crippen molar-refractivity contribution in [3.05, 3.63) is 41.5 Å². The van der Waals surface area contributed by atoms with Crippen LogP contribution >= 0.6 is 0 Å². The van der Waals surface area contributed by atoms with Gasteiger partial charge in [0.1, 0.15) is 5.75 Å². The molecule has 2 N–H and O–H groups in total. The smallest absolute Gasteiger partial charge is 0.305 e. The summed E-state index contributed by atoms with van der Waals surface area (Å²) in [6, 6.07) is 5.67. The maximum Gasteiger partial charge on any atom is 0.305 e. The average Bonchev–Trinajstić information content (AvgIpc) is 3.08. The maximum absolute atomic E-state index is 12.1. The largest absolute Gasteiger partial charge is 0.507 e. The number of ketones is 1. The van der Waals surface area contributed by atoms with Crippen molar-refractivity contribution in [1.29, 1.82) is 0 Å². The van der Waals surface area contributed by atoms with Crippen LogP contribution in [0.15, 0.2) is 30.4 Å². The zero-order chi connectivity index (χ0) is 21.2. The molecule has 0 unspecified atom stereocenters. The average molecular weight is 403 g/mol. The summed E-state index contributed by atoms with van der Waals surface area (Å²) in [4.78, 5) is 23.4. The van der Waals surface area contributed by atoms with Crippen LogP contribution in [0.2, 0.25) is 0 Å². The number of esters is 1. The van der Waals surface area contributed by atoms with Crippen LogP contribution in [0.3, 0.4) is 0 Å². The Morgan fingerprint density at radius 3 is 2.69 bits per heavy atom. The van der Waals surface area contributed by atoms with Gasteiger partial charge in [0.25, 0.3) is 0 Å². The van der Waals surface area contributed by atoms with Crippen molar-refractivity contribution in [3.63, 3.8) is 0 Å². The molecule has 1 aromatic rings. The molecule has 3 atom stereocenters. The molecule has 0 saturated heterocycles. The van der Waals surface area contributed by atoms with E-state index in [9.17, 15) is 19.8 Å². The van der Waals surface area contributed by atoms with E-state index in [-0.39, 0.29) is 29.3 Å². The topological polar surface area (TPSA) is 83.8 Å². The molecule has 1 saturated carbocycles. The summed E-state index contributed by atoms with van der Waals surface area (Å²) < 4.78 is 4.66. The first-order chi connectivity index (χ1) is 14.0. The van der Waals surface area contributed by atoms with Crippen molar-refractivity contribution in [2.24, 2.45) is 5.92 Å². The van der Waals surface area contributed by atoms with Crippen LogP contribution in [-0.4, -0.2) is 35.2 Å². The van der Waals surface area contributed by atoms with Gasteiger partial charge in [-0.1, -0.05) is 44.0 Å². The summed E-state index contributed by atoms with van der Waals surface area (Å²) in [5, 5.41) is 21.2. The van der Waals surface area contributed by atoms with Crippen LogP contribution in [0.1, 0.15) is 75.3 Å². The lowest BCUT2D eigenvalue weighted by atomic mass is 9.85. The van der Waals surface area contributed by atoms with Gasteiger partial charge in [-0.25, -0.2) is 0 Å². The number of ether oxygens (including phenoxy) is 1. The Hall–Kier alpha value is -2.14. The van der Waals surface area contributed by atoms with Gasteiger partial charge in [0.05, 0.1) is 13.2 Å². The predicted molar refractivity (Wildman–Crippen MR) is 113 cm³/mol. The number of para-hydroxylation sites is 1. The first kappa shape index (κ1) is 23.1. The van der Waals surface area contributed by atoms with Crippen LogP contribution in [0.5, 0.6) is 5.75 Å². The number of hydrogen-bond acceptors (Lipinski definition) is 5. The summed E-state index contributed by atoms with van der Waals surface area (Å²) in [6.07, 6.45) is 9.40. The number of benzene rings is 1. The third kappa shape index (κ3) is 6.70. The standard InChI is InChI=1S/C24H34O5/c1-3-4-5-10-18(25)13-14-20-19(15-16-22(20)26)21-11-6-8-17(24(21)28)9-7-12-23(27)29-2/h6,8,11,13-14,19-20,22,26,28H,3-5,7,9-10,12,15-16H2,1-2H3/b14-13+/t19-,20-,22+/m0/s1. The van der Waals surface area contributed by atoms with Crippen molar-refractivity contribution < 1.29 is 24.5 Å². The molecule has 0 amide bonds. The second kappa shape index (κ2) is 11.8. The molecule has 160 valence electrons. The van der Waals surface area contributed by atoms with E-state index in [1.165, 1.54) is 7.11 Å². The number of aliphatic hydroxyl groups excluding tert-OH is 1. The fraction of sp³-hybridized carbons (Fsp3) is 0.583. The Kier molecular flexibility index (Phi) is 9.39. The second-order valence-electron chi connectivity index (χ2n) is 7.90. The highest BCUT2D eigenvalue weighted by molar-refractivity contribution is 5.89. The number of unbranched alkanes of at least 4 members (excludes halogenated alkanes) is 2. The molecular weight excluding hydrogens is 368 g/mol. The van der Waals surface area contributed by atoms with Crippen molar-refractivity contribution in [2.75, 3.05) is 7.11 Å². The van der Waals surface area contributed by atoms with E-state index in [1.807, 2.05) is 24.3 Å². The van der Waals surface area contributed by atoms with Crippen molar-refractivity contribution in [3.8, 4) is 5.75 Å². The molecule has 0 radical (unpaired) electrons. The molecule has 1 aromatic carbocycles. The minimum Gasteiger partial charge on any atom is -0.507 e. The summed E-state index contributed by atoms with van der Waals surface area (Å²) >= 11 is 0. The number of allylic oxidation sites excluding steroid dienone is 1. The van der Waals surface area contributed by atoms with Crippen LogP contribution in [-0.2, 0) is 20.7 Å². The summed E-state index contributed by atoms with van der Waals surface area (Å²) in [7, 11) is 1.37. The molecule has 0 heterocycles. The van der Waals surface area contributed by atoms with Gasteiger partial charge in [-0.15, -0.1) is 0 Å². The van der Waals surface area contributed by atoms with E-state index >= 15 is 0 Å². The van der Waals surface area contributed by atoms with E-state index in [4.69, 9.17) is 0 Å². The Balaban J connectivity index is 2.08. The predicted octanol–water partition coefficient (Wildman–Crippen LogP) is 4.45. The zero-order valence-corrected chi connectivity index (χ0v) is 17.6. The molecule has 5 nitrogen and oxygen atoms in total. The minimum absolute atomic E-state index is 0.0229. The Morgan fingerprint density at radius 1 is 1.17 bits per heavy atom. The normalized spacial score (nSPS) is 21.6. The van der Waals surface area contributed by atoms with E-state index in [2.05, 4.69) is 11.7 Å². The molecule has 1 aliphatic rings. The lowest BCUT2D eigenvalue weighted by molar-refractivity contribution is -0.140. The monoisotopic (exact) mass is 402 g/mol.